The fraction of sp³-hybridized carbons (Fsp3) is 0.500. The average Bonchev–Trinajstić information content (AvgIpc) is 3.76. The molecule has 1 aliphatic carbocycles. The van der Waals surface area contributed by atoms with E-state index in [0.717, 1.165) is 16.5 Å². The molecule has 0 saturated carbocycles. The van der Waals surface area contributed by atoms with E-state index in [-0.39, 0.29) is 38.0 Å². The minimum atomic E-state index is -1.54. The molecule has 0 radical (unpaired) electrons. The summed E-state index contributed by atoms with van der Waals surface area (Å²) < 4.78 is 37.4. The molecule has 8 aliphatic heterocycles. The van der Waals surface area contributed by atoms with Gasteiger partial charge in [-0.1, -0.05) is 31.2 Å². The molecular weight excluding hydrogens is 715 g/mol. The van der Waals surface area contributed by atoms with Gasteiger partial charge in [0, 0.05) is 59.7 Å². The van der Waals surface area contributed by atoms with E-state index in [9.17, 15) is 19.8 Å². The van der Waals surface area contributed by atoms with Gasteiger partial charge in [0.05, 0.1) is 23.8 Å². The minimum absolute atomic E-state index is 0.0496. The molecule has 3 N–H and O–H groups in total. The minimum Gasteiger partial charge on any atom is -0.508 e. The van der Waals surface area contributed by atoms with Gasteiger partial charge in [-0.2, -0.15) is 0 Å². The number of fused-ring (bicyclic) bond motifs is 7. The summed E-state index contributed by atoms with van der Waals surface area (Å²) in [5.41, 5.74) is 1.83. The molecule has 14 heteroatoms. The Morgan fingerprint density at radius 2 is 1.91 bits per heavy atom. The Labute approximate surface area is 316 Å². The topological polar surface area (TPSA) is 152 Å². The van der Waals surface area contributed by atoms with E-state index < -0.39 is 51.3 Å². The number of para-hydroxylation sites is 1. The number of furan rings is 1. The Morgan fingerprint density at radius 3 is 2.69 bits per heavy atom. The molecule has 1 aromatic heterocycles. The monoisotopic (exact) mass is 757 g/mol. The van der Waals surface area contributed by atoms with Crippen LogP contribution in [0, 0.1) is 18.3 Å². The van der Waals surface area contributed by atoms with Crippen molar-refractivity contribution in [1.82, 2.24) is 15.1 Å². The Balaban J connectivity index is 1.31. The van der Waals surface area contributed by atoms with Crippen LogP contribution in [0.1, 0.15) is 66.5 Å². The first-order valence-corrected chi connectivity index (χ1v) is 19.3. The molecule has 1 spiro atoms. The number of allylic oxidation sites excluding steroid dienone is 2. The summed E-state index contributed by atoms with van der Waals surface area (Å²) in [6.45, 7) is 7.66. The van der Waals surface area contributed by atoms with Crippen molar-refractivity contribution in [3.63, 3.8) is 0 Å². The van der Waals surface area contributed by atoms with Crippen LogP contribution in [0.4, 0.5) is 0 Å². The Kier molecular flexibility index (Phi) is 7.25. The number of piperazine rings is 1. The van der Waals surface area contributed by atoms with Gasteiger partial charge in [-0.15, -0.1) is 11.8 Å². The highest BCUT2D eigenvalue weighted by Crippen LogP contribution is 2.68. The van der Waals surface area contributed by atoms with Gasteiger partial charge in [-0.05, 0) is 51.3 Å². The van der Waals surface area contributed by atoms with E-state index in [1.54, 1.807) is 7.11 Å². The molecule has 54 heavy (non-hydrogen) atoms. The van der Waals surface area contributed by atoms with Crippen LogP contribution >= 0.6 is 11.8 Å². The van der Waals surface area contributed by atoms with Crippen molar-refractivity contribution in [3.8, 4) is 17.2 Å². The van der Waals surface area contributed by atoms with Gasteiger partial charge in [0.15, 0.2) is 23.0 Å². The van der Waals surface area contributed by atoms with Crippen molar-refractivity contribution in [1.29, 1.82) is 0 Å². The van der Waals surface area contributed by atoms with Gasteiger partial charge in [0.1, 0.15) is 29.4 Å². The maximum atomic E-state index is 15.0. The lowest BCUT2D eigenvalue weighted by Crippen LogP contribution is -2.73. The van der Waals surface area contributed by atoms with Gasteiger partial charge in [0.25, 0.3) is 0 Å². The van der Waals surface area contributed by atoms with Crippen molar-refractivity contribution in [3.05, 3.63) is 75.4 Å². The molecule has 4 fully saturated rings. The predicted octanol–water partition coefficient (Wildman–Crippen LogP) is 4.86. The number of aliphatic hydroxyl groups excluding tert-OH is 1. The van der Waals surface area contributed by atoms with Gasteiger partial charge < -0.3 is 38.3 Å². The molecule has 3 aromatic rings. The first kappa shape index (κ1) is 34.3. The predicted molar refractivity (Wildman–Crippen MR) is 196 cm³/mol. The number of benzene rings is 2. The van der Waals surface area contributed by atoms with Crippen molar-refractivity contribution < 1.29 is 47.9 Å². The van der Waals surface area contributed by atoms with Gasteiger partial charge in [-0.3, -0.25) is 19.9 Å². The van der Waals surface area contributed by atoms with Crippen LogP contribution in [0.15, 0.2) is 51.9 Å². The number of esters is 2. The van der Waals surface area contributed by atoms with Crippen LogP contribution in [0.3, 0.4) is 0 Å². The highest BCUT2D eigenvalue weighted by Gasteiger charge is 2.70. The van der Waals surface area contributed by atoms with E-state index in [2.05, 4.69) is 21.2 Å². The maximum Gasteiger partial charge on any atom is 0.345 e. The fourth-order valence-electron chi connectivity index (χ4n) is 11.1. The number of methoxy groups -OCH3 is 1. The fourth-order valence-corrected chi connectivity index (χ4v) is 12.9. The second kappa shape index (κ2) is 11.4. The number of rotatable bonds is 2. The van der Waals surface area contributed by atoms with E-state index in [0.29, 0.717) is 64.0 Å². The van der Waals surface area contributed by atoms with E-state index >= 15 is 0 Å². The standard InChI is InChI=1S/C40H43N3O10S/c1-18-13-21-14-39(47)16-42(5)34(38(21,4)35(45)29(18)48-6)28-33-27-26(32-31(50-17-51-32)19(2)30(27)52-20(3)44)24(43(28)39)15-49-37(46)40(54-33)36-23(11-12-41-40)22-9-7-8-10-25(22)53-36/h7-10,13,21,24,28,33-34,41,45,47H,11-12,14-17H2,1-6H3/t21?,24?,28-,33+,34?,38?,39?,40-/m0/s1. The smallest absolute Gasteiger partial charge is 0.345 e. The summed E-state index contributed by atoms with van der Waals surface area (Å²) in [5, 5.41) is 29.5. The summed E-state index contributed by atoms with van der Waals surface area (Å²) >= 11 is 1.34. The number of hydrogen-bond donors (Lipinski definition) is 3. The largest absolute Gasteiger partial charge is 0.508 e. The number of ether oxygens (including phenoxy) is 5. The maximum absolute atomic E-state index is 15.0. The zero-order chi connectivity index (χ0) is 37.6. The number of hydrogen-bond acceptors (Lipinski definition) is 14. The summed E-state index contributed by atoms with van der Waals surface area (Å²) in [5.74, 6) is 0.880. The van der Waals surface area contributed by atoms with Gasteiger partial charge in [0.2, 0.25) is 11.7 Å². The second-order valence-electron chi connectivity index (χ2n) is 15.9. The number of nitrogens with one attached hydrogen (secondary N) is 1. The second-order valence-corrected chi connectivity index (χ2v) is 17.3. The van der Waals surface area contributed by atoms with Crippen LogP contribution in [-0.4, -0.2) is 90.4 Å². The van der Waals surface area contributed by atoms with Crippen LogP contribution < -0.4 is 19.5 Å². The normalized spacial score (nSPS) is 36.3. The molecule has 12 rings (SSSR count). The van der Waals surface area contributed by atoms with Gasteiger partial charge >= 0.3 is 11.9 Å². The van der Waals surface area contributed by atoms with E-state index in [4.69, 9.17) is 28.1 Å². The molecule has 284 valence electrons. The van der Waals surface area contributed by atoms with Crippen LogP contribution in [-0.2, 0) is 30.4 Å². The zero-order valence-electron chi connectivity index (χ0n) is 31.0. The number of carbonyl (C=O) groups excluding carboxylic acids is 2. The molecule has 9 aliphatic rings. The SMILES string of the molecule is COC1=C(O)C2(C)C(C=C1C)CC1(O)CN(C)C2[C@@H]2[C@@H]3S[C@]4(NCCc5c4oc4ccccc54)C(=O)OCC(c4c5c(c(C)c(OC(C)=O)c43)OCO5)N21. The first-order chi connectivity index (χ1) is 25.8. The molecule has 9 heterocycles. The molecule has 0 amide bonds. The summed E-state index contributed by atoms with van der Waals surface area (Å²) in [7, 11) is 3.53. The lowest BCUT2D eigenvalue weighted by molar-refractivity contribution is -0.214. The number of carbonyl (C=O) groups is 2. The van der Waals surface area contributed by atoms with Crippen molar-refractivity contribution in [2.24, 2.45) is 11.3 Å². The summed E-state index contributed by atoms with van der Waals surface area (Å²) in [4.78, 5) is 30.7. The highest BCUT2D eigenvalue weighted by molar-refractivity contribution is 8.01. The summed E-state index contributed by atoms with van der Waals surface area (Å²) in [6, 6.07) is 5.94. The Hall–Kier alpha value is -4.21. The molecule has 6 unspecified atom stereocenters. The number of likely N-dealkylation sites (N-methyl/N-ethyl adjacent to an activating group) is 1. The third-order valence-electron chi connectivity index (χ3n) is 13.1. The van der Waals surface area contributed by atoms with Crippen molar-refractivity contribution in [2.75, 3.05) is 40.6 Å². The third-order valence-corrected chi connectivity index (χ3v) is 14.7. The zero-order valence-corrected chi connectivity index (χ0v) is 31.8. The Morgan fingerprint density at radius 1 is 1.13 bits per heavy atom. The molecule has 9 atom stereocenters. The van der Waals surface area contributed by atoms with Crippen LogP contribution in [0.5, 0.6) is 17.2 Å². The number of thioether (sulfide) groups is 1. The van der Waals surface area contributed by atoms with Crippen molar-refractivity contribution in [2.45, 2.75) is 74.5 Å². The van der Waals surface area contributed by atoms with Gasteiger partial charge in [-0.25, -0.2) is 4.79 Å². The molecule has 13 nitrogen and oxygen atoms in total. The molecule has 4 saturated heterocycles. The molecule has 4 bridgehead atoms. The van der Waals surface area contributed by atoms with E-state index in [1.807, 2.05) is 52.1 Å². The van der Waals surface area contributed by atoms with Crippen LogP contribution in [0.25, 0.3) is 11.0 Å². The lowest BCUT2D eigenvalue weighted by Gasteiger charge is -2.61. The number of nitrogens with zero attached hydrogens (tertiary/aromatic N) is 2. The Bertz CT molecular complexity index is 2250. The lowest BCUT2D eigenvalue weighted by atomic mass is 9.63. The van der Waals surface area contributed by atoms with Crippen molar-refractivity contribution >= 4 is 34.7 Å². The summed E-state index contributed by atoms with van der Waals surface area (Å²) in [6.07, 6.45) is 3.01. The molecule has 2 aromatic carbocycles. The third kappa shape index (κ3) is 4.20. The average molecular weight is 758 g/mol. The number of aliphatic hydroxyl groups is 2. The first-order valence-electron chi connectivity index (χ1n) is 18.5. The highest BCUT2D eigenvalue weighted by atomic mass is 32.2. The van der Waals surface area contributed by atoms with E-state index in [1.165, 1.54) is 18.7 Å². The van der Waals surface area contributed by atoms with Crippen LogP contribution in [0.2, 0.25) is 0 Å². The quantitative estimate of drug-likeness (QED) is 0.241. The molecular formula is C40H43N3O10S.